The second-order valence-electron chi connectivity index (χ2n) is 4.43. The Morgan fingerprint density at radius 3 is 2.59 bits per heavy atom. The van der Waals surface area contributed by atoms with Crippen molar-refractivity contribution in [1.29, 1.82) is 0 Å². The van der Waals surface area contributed by atoms with Crippen molar-refractivity contribution >= 4 is 11.5 Å². The van der Waals surface area contributed by atoms with E-state index in [1.54, 1.807) is 0 Å². The fraction of sp³-hybridized carbons (Fsp3) is 0.615. The molecule has 0 amide bonds. The Hall–Kier alpha value is -1.45. The largest absolute Gasteiger partial charge is 0.476 e. The summed E-state index contributed by atoms with van der Waals surface area (Å²) in [6.45, 7) is 9.05. The van der Waals surface area contributed by atoms with Gasteiger partial charge in [-0.05, 0) is 31.4 Å². The molecule has 4 heteroatoms. The van der Waals surface area contributed by atoms with Crippen molar-refractivity contribution in [2.45, 2.75) is 40.2 Å². The van der Waals surface area contributed by atoms with Gasteiger partial charge in [0.25, 0.3) is 0 Å². The number of nitrogens with two attached hydrogens (primary N) is 1. The Balaban J connectivity index is 2.80. The summed E-state index contributed by atoms with van der Waals surface area (Å²) in [4.78, 5) is 4.37. The molecule has 0 aliphatic heterocycles. The first kappa shape index (κ1) is 13.6. The van der Waals surface area contributed by atoms with Gasteiger partial charge in [0.1, 0.15) is 5.82 Å². The van der Waals surface area contributed by atoms with Gasteiger partial charge in [0.15, 0.2) is 0 Å². The van der Waals surface area contributed by atoms with Crippen molar-refractivity contribution in [2.24, 2.45) is 5.92 Å². The summed E-state index contributed by atoms with van der Waals surface area (Å²) in [5.41, 5.74) is 6.36. The number of ether oxygens (including phenoxy) is 1. The highest BCUT2D eigenvalue weighted by Crippen LogP contribution is 2.22. The second-order valence-corrected chi connectivity index (χ2v) is 4.43. The Morgan fingerprint density at radius 2 is 2.06 bits per heavy atom. The molecular formula is C13H23N3O. The van der Waals surface area contributed by atoms with E-state index in [2.05, 4.69) is 31.1 Å². The van der Waals surface area contributed by atoms with Gasteiger partial charge in [0.05, 0.1) is 12.3 Å². The molecular weight excluding hydrogens is 214 g/mol. The Kier molecular flexibility index (Phi) is 5.07. The van der Waals surface area contributed by atoms with E-state index in [4.69, 9.17) is 10.5 Å². The molecule has 0 saturated carbocycles. The Bertz CT molecular complexity index is 353. The zero-order valence-corrected chi connectivity index (χ0v) is 11.2. The van der Waals surface area contributed by atoms with Gasteiger partial charge in [-0.15, -0.1) is 0 Å². The number of rotatable bonds is 6. The van der Waals surface area contributed by atoms with Crippen LogP contribution in [0.25, 0.3) is 0 Å². The summed E-state index contributed by atoms with van der Waals surface area (Å²) in [5, 5.41) is 3.41. The molecule has 3 N–H and O–H groups in total. The van der Waals surface area contributed by atoms with E-state index in [0.717, 1.165) is 12.2 Å². The molecule has 1 aromatic heterocycles. The van der Waals surface area contributed by atoms with Crippen LogP contribution in [0.5, 0.6) is 5.88 Å². The van der Waals surface area contributed by atoms with Crippen molar-refractivity contribution in [3.63, 3.8) is 0 Å². The van der Waals surface area contributed by atoms with Crippen molar-refractivity contribution in [3.8, 4) is 5.88 Å². The van der Waals surface area contributed by atoms with Crippen molar-refractivity contribution in [3.05, 3.63) is 12.1 Å². The van der Waals surface area contributed by atoms with E-state index in [1.165, 1.54) is 0 Å². The summed E-state index contributed by atoms with van der Waals surface area (Å²) in [5.74, 6) is 1.90. The number of nitrogen functional groups attached to an aromatic ring is 1. The van der Waals surface area contributed by atoms with Crippen LogP contribution in [0.1, 0.15) is 34.1 Å². The van der Waals surface area contributed by atoms with Crippen LogP contribution in [0, 0.1) is 5.92 Å². The van der Waals surface area contributed by atoms with Gasteiger partial charge in [-0.2, -0.15) is 4.98 Å². The Morgan fingerprint density at radius 1 is 1.35 bits per heavy atom. The molecule has 0 saturated heterocycles. The molecule has 0 fully saturated rings. The number of hydrogen-bond acceptors (Lipinski definition) is 4. The molecule has 4 nitrogen and oxygen atoms in total. The quantitative estimate of drug-likeness (QED) is 0.798. The van der Waals surface area contributed by atoms with Crippen LogP contribution in [0.3, 0.4) is 0 Å². The summed E-state index contributed by atoms with van der Waals surface area (Å²) in [6, 6.07) is 4.14. The molecule has 0 aromatic carbocycles. The van der Waals surface area contributed by atoms with E-state index in [-0.39, 0.29) is 0 Å². The first-order chi connectivity index (χ1) is 8.08. The average molecular weight is 237 g/mol. The van der Waals surface area contributed by atoms with Gasteiger partial charge in [-0.1, -0.05) is 20.8 Å². The maximum Gasteiger partial charge on any atom is 0.239 e. The molecule has 17 heavy (non-hydrogen) atoms. The van der Waals surface area contributed by atoms with Crippen LogP contribution in [0.15, 0.2) is 12.1 Å². The fourth-order valence-corrected chi connectivity index (χ4v) is 1.71. The fourth-order valence-electron chi connectivity index (χ4n) is 1.71. The van der Waals surface area contributed by atoms with Gasteiger partial charge < -0.3 is 15.8 Å². The van der Waals surface area contributed by atoms with Gasteiger partial charge in [0.2, 0.25) is 5.88 Å². The molecule has 0 aliphatic rings. The van der Waals surface area contributed by atoms with Gasteiger partial charge in [-0.25, -0.2) is 0 Å². The molecule has 0 spiro atoms. The number of nitrogens with zero attached hydrogens (tertiary/aromatic N) is 1. The predicted octanol–water partition coefficient (Wildman–Crippen LogP) is 2.91. The monoisotopic (exact) mass is 237 g/mol. The number of pyridine rings is 1. The number of aromatic nitrogens is 1. The first-order valence-corrected chi connectivity index (χ1v) is 6.24. The molecule has 0 radical (unpaired) electrons. The van der Waals surface area contributed by atoms with Crippen molar-refractivity contribution < 1.29 is 4.74 Å². The average Bonchev–Trinajstić information content (AvgIpc) is 2.30. The van der Waals surface area contributed by atoms with Crippen LogP contribution in [-0.2, 0) is 0 Å². The molecule has 96 valence electrons. The zero-order chi connectivity index (χ0) is 12.8. The van der Waals surface area contributed by atoms with Gasteiger partial charge in [0, 0.05) is 6.04 Å². The summed E-state index contributed by atoms with van der Waals surface area (Å²) in [7, 11) is 0. The minimum Gasteiger partial charge on any atom is -0.476 e. The third-order valence-electron chi connectivity index (χ3n) is 2.75. The van der Waals surface area contributed by atoms with Crippen LogP contribution in [-0.4, -0.2) is 17.6 Å². The maximum absolute atomic E-state index is 5.78. The molecule has 1 unspecified atom stereocenters. The molecule has 1 atom stereocenters. The molecule has 0 aliphatic carbocycles. The highest BCUT2D eigenvalue weighted by Gasteiger charge is 2.12. The van der Waals surface area contributed by atoms with E-state index in [9.17, 15) is 0 Å². The third kappa shape index (κ3) is 3.80. The second kappa shape index (κ2) is 6.33. The third-order valence-corrected chi connectivity index (χ3v) is 2.75. The molecule has 1 aromatic rings. The normalized spacial score (nSPS) is 12.5. The molecule has 1 heterocycles. The zero-order valence-electron chi connectivity index (χ0n) is 11.2. The summed E-state index contributed by atoms with van der Waals surface area (Å²) >= 11 is 0. The number of hydrogen-bond donors (Lipinski definition) is 2. The summed E-state index contributed by atoms with van der Waals surface area (Å²) in [6.07, 6.45) is 1.06. The SMILES string of the molecule is CCOc1nc(NC(CC)C(C)C)ccc1N. The van der Waals surface area contributed by atoms with E-state index >= 15 is 0 Å². The summed E-state index contributed by atoms with van der Waals surface area (Å²) < 4.78 is 5.38. The lowest BCUT2D eigenvalue weighted by Crippen LogP contribution is -2.25. The maximum atomic E-state index is 5.78. The van der Waals surface area contributed by atoms with E-state index in [0.29, 0.717) is 30.1 Å². The smallest absolute Gasteiger partial charge is 0.239 e. The highest BCUT2D eigenvalue weighted by atomic mass is 16.5. The van der Waals surface area contributed by atoms with Gasteiger partial charge >= 0.3 is 0 Å². The van der Waals surface area contributed by atoms with Crippen molar-refractivity contribution in [2.75, 3.05) is 17.7 Å². The topological polar surface area (TPSA) is 60.2 Å². The molecule has 0 bridgehead atoms. The van der Waals surface area contributed by atoms with Crippen LogP contribution < -0.4 is 15.8 Å². The lowest BCUT2D eigenvalue weighted by molar-refractivity contribution is 0.329. The minimum absolute atomic E-state index is 0.417. The molecule has 1 rings (SSSR count). The number of anilines is 2. The van der Waals surface area contributed by atoms with Crippen molar-refractivity contribution in [1.82, 2.24) is 4.98 Å². The van der Waals surface area contributed by atoms with E-state index in [1.807, 2.05) is 19.1 Å². The van der Waals surface area contributed by atoms with E-state index < -0.39 is 0 Å². The van der Waals surface area contributed by atoms with Crippen LogP contribution in [0.4, 0.5) is 11.5 Å². The van der Waals surface area contributed by atoms with Crippen LogP contribution >= 0.6 is 0 Å². The van der Waals surface area contributed by atoms with Crippen LogP contribution in [0.2, 0.25) is 0 Å². The standard InChI is InChI=1S/C13H23N3O/c1-5-11(9(3)4)15-12-8-7-10(14)13(16-12)17-6-2/h7-9,11H,5-6,14H2,1-4H3,(H,15,16). The van der Waals surface area contributed by atoms with Gasteiger partial charge in [-0.3, -0.25) is 0 Å². The predicted molar refractivity (Wildman–Crippen MR) is 72.4 cm³/mol. The number of nitrogens with one attached hydrogen (secondary N) is 1. The first-order valence-electron chi connectivity index (χ1n) is 6.24. The Labute approximate surface area is 104 Å². The highest BCUT2D eigenvalue weighted by molar-refractivity contribution is 5.53. The lowest BCUT2D eigenvalue weighted by atomic mass is 10.0. The lowest BCUT2D eigenvalue weighted by Gasteiger charge is -2.21. The minimum atomic E-state index is 0.417.